The number of esters is 1. The summed E-state index contributed by atoms with van der Waals surface area (Å²) in [5, 5.41) is 5.30. The number of rotatable bonds is 4. The predicted molar refractivity (Wildman–Crippen MR) is 101 cm³/mol. The maximum absolute atomic E-state index is 12.5. The van der Waals surface area contributed by atoms with Gasteiger partial charge in [-0.25, -0.2) is 9.78 Å². The number of aromatic nitrogens is 3. The number of pyridine rings is 1. The van der Waals surface area contributed by atoms with Crippen LogP contribution in [0.4, 0.5) is 0 Å². The second kappa shape index (κ2) is 7.34. The SMILES string of the molecule is O=C(OCc1nc(-c2cccc(Cl)c2)no1)c1cc(Cl)nc2ccccc12. The third kappa shape index (κ3) is 3.77. The van der Waals surface area contributed by atoms with Gasteiger partial charge in [0.2, 0.25) is 5.82 Å². The molecule has 6 nitrogen and oxygen atoms in total. The molecule has 2 heterocycles. The monoisotopic (exact) mass is 399 g/mol. The molecular formula is C19H11Cl2N3O3. The van der Waals surface area contributed by atoms with Crippen LogP contribution in [0.25, 0.3) is 22.3 Å². The molecule has 0 N–H and O–H groups in total. The zero-order valence-electron chi connectivity index (χ0n) is 13.7. The van der Waals surface area contributed by atoms with Gasteiger partial charge in [-0.3, -0.25) is 0 Å². The van der Waals surface area contributed by atoms with E-state index in [9.17, 15) is 4.79 Å². The van der Waals surface area contributed by atoms with Crippen LogP contribution in [0.1, 0.15) is 16.2 Å². The van der Waals surface area contributed by atoms with Crippen LogP contribution in [0.3, 0.4) is 0 Å². The topological polar surface area (TPSA) is 78.1 Å². The quantitative estimate of drug-likeness (QED) is 0.356. The number of hydrogen-bond donors (Lipinski definition) is 0. The van der Waals surface area contributed by atoms with Crippen LogP contribution in [-0.2, 0) is 11.3 Å². The first-order chi connectivity index (χ1) is 13.1. The van der Waals surface area contributed by atoms with E-state index in [-0.39, 0.29) is 17.7 Å². The Morgan fingerprint density at radius 2 is 1.89 bits per heavy atom. The lowest BCUT2D eigenvalue weighted by Gasteiger charge is -2.06. The molecule has 0 unspecified atom stereocenters. The zero-order chi connectivity index (χ0) is 18.8. The summed E-state index contributed by atoms with van der Waals surface area (Å²) in [6, 6.07) is 15.7. The molecule has 4 rings (SSSR count). The number of nitrogens with zero attached hydrogens (tertiary/aromatic N) is 3. The third-order valence-corrected chi connectivity index (χ3v) is 4.21. The molecule has 2 aromatic heterocycles. The van der Waals surface area contributed by atoms with Crippen molar-refractivity contribution in [2.45, 2.75) is 6.61 Å². The molecule has 27 heavy (non-hydrogen) atoms. The molecule has 0 aliphatic rings. The smallest absolute Gasteiger partial charge is 0.339 e. The minimum atomic E-state index is -0.557. The maximum Gasteiger partial charge on any atom is 0.339 e. The zero-order valence-corrected chi connectivity index (χ0v) is 15.2. The third-order valence-electron chi connectivity index (χ3n) is 3.78. The van der Waals surface area contributed by atoms with Crippen molar-refractivity contribution in [3.63, 3.8) is 0 Å². The van der Waals surface area contributed by atoms with E-state index in [1.54, 1.807) is 36.4 Å². The first kappa shape index (κ1) is 17.5. The van der Waals surface area contributed by atoms with E-state index in [0.29, 0.717) is 32.9 Å². The Bertz CT molecular complexity index is 1140. The van der Waals surface area contributed by atoms with Crippen molar-refractivity contribution in [2.75, 3.05) is 0 Å². The number of benzene rings is 2. The summed E-state index contributed by atoms with van der Waals surface area (Å²) >= 11 is 12.0. The van der Waals surface area contributed by atoms with Crippen LogP contribution in [0.5, 0.6) is 0 Å². The van der Waals surface area contributed by atoms with Crippen LogP contribution in [0.15, 0.2) is 59.1 Å². The van der Waals surface area contributed by atoms with Gasteiger partial charge in [0.1, 0.15) is 5.15 Å². The molecule has 0 aliphatic heterocycles. The van der Waals surface area contributed by atoms with Gasteiger partial charge in [-0.1, -0.05) is 58.7 Å². The summed E-state index contributed by atoms with van der Waals surface area (Å²) in [7, 11) is 0. The fraction of sp³-hybridized carbons (Fsp3) is 0.0526. The Hall–Kier alpha value is -2.96. The lowest BCUT2D eigenvalue weighted by molar-refractivity contribution is 0.0432. The molecule has 0 saturated heterocycles. The molecule has 0 aliphatic carbocycles. The van der Waals surface area contributed by atoms with Crippen molar-refractivity contribution in [3.8, 4) is 11.4 Å². The van der Waals surface area contributed by atoms with E-state index >= 15 is 0 Å². The largest absolute Gasteiger partial charge is 0.452 e. The average molecular weight is 400 g/mol. The van der Waals surface area contributed by atoms with Crippen LogP contribution in [-0.4, -0.2) is 21.1 Å². The molecular weight excluding hydrogens is 389 g/mol. The highest BCUT2D eigenvalue weighted by Crippen LogP contribution is 2.23. The second-order valence-electron chi connectivity index (χ2n) is 5.61. The van der Waals surface area contributed by atoms with Gasteiger partial charge in [0.05, 0.1) is 11.1 Å². The van der Waals surface area contributed by atoms with Crippen molar-refractivity contribution in [1.29, 1.82) is 0 Å². The summed E-state index contributed by atoms with van der Waals surface area (Å²) in [5.41, 5.74) is 1.63. The molecule has 0 saturated carbocycles. The number of para-hydroxylation sites is 1. The van der Waals surface area contributed by atoms with E-state index in [1.807, 2.05) is 12.1 Å². The van der Waals surface area contributed by atoms with Gasteiger partial charge in [-0.05, 0) is 24.3 Å². The molecule has 4 aromatic rings. The minimum Gasteiger partial charge on any atom is -0.452 e. The number of carbonyl (C=O) groups excluding carboxylic acids is 1. The van der Waals surface area contributed by atoms with E-state index in [4.69, 9.17) is 32.5 Å². The van der Waals surface area contributed by atoms with Crippen molar-refractivity contribution < 1.29 is 14.1 Å². The molecule has 0 radical (unpaired) electrons. The first-order valence-corrected chi connectivity index (χ1v) is 8.67. The maximum atomic E-state index is 12.5. The Kier molecular flexibility index (Phi) is 4.75. The number of halogens is 2. The fourth-order valence-corrected chi connectivity index (χ4v) is 2.97. The number of fused-ring (bicyclic) bond motifs is 1. The summed E-state index contributed by atoms with van der Waals surface area (Å²) in [6.45, 7) is -0.166. The lowest BCUT2D eigenvalue weighted by Crippen LogP contribution is -2.07. The lowest BCUT2D eigenvalue weighted by atomic mass is 10.1. The Labute approximate surface area is 163 Å². The molecule has 8 heteroatoms. The van der Waals surface area contributed by atoms with Crippen LogP contribution in [0.2, 0.25) is 10.2 Å². The van der Waals surface area contributed by atoms with Crippen molar-refractivity contribution >= 4 is 40.1 Å². The van der Waals surface area contributed by atoms with Gasteiger partial charge in [0, 0.05) is 16.0 Å². The van der Waals surface area contributed by atoms with Crippen LogP contribution in [0, 0.1) is 0 Å². The molecule has 2 aromatic carbocycles. The van der Waals surface area contributed by atoms with Crippen molar-refractivity contribution in [2.24, 2.45) is 0 Å². The summed E-state index contributed by atoms with van der Waals surface area (Å²) in [6.07, 6.45) is 0. The minimum absolute atomic E-state index is 0.166. The van der Waals surface area contributed by atoms with E-state index in [0.717, 1.165) is 0 Å². The fourth-order valence-electron chi connectivity index (χ4n) is 2.58. The molecule has 134 valence electrons. The Morgan fingerprint density at radius 1 is 1.04 bits per heavy atom. The van der Waals surface area contributed by atoms with Gasteiger partial charge in [-0.15, -0.1) is 0 Å². The van der Waals surface area contributed by atoms with Gasteiger partial charge in [-0.2, -0.15) is 4.98 Å². The van der Waals surface area contributed by atoms with Crippen LogP contribution >= 0.6 is 23.2 Å². The van der Waals surface area contributed by atoms with Gasteiger partial charge < -0.3 is 9.26 Å². The Morgan fingerprint density at radius 3 is 2.74 bits per heavy atom. The first-order valence-electron chi connectivity index (χ1n) is 7.91. The normalized spacial score (nSPS) is 10.9. The molecule has 0 amide bonds. The summed E-state index contributed by atoms with van der Waals surface area (Å²) < 4.78 is 10.4. The summed E-state index contributed by atoms with van der Waals surface area (Å²) in [5.74, 6) is -0.0262. The van der Waals surface area contributed by atoms with Gasteiger partial charge in [0.25, 0.3) is 5.89 Å². The van der Waals surface area contributed by atoms with Gasteiger partial charge in [0.15, 0.2) is 6.61 Å². The highest BCUT2D eigenvalue weighted by molar-refractivity contribution is 6.31. The predicted octanol–water partition coefficient (Wildman–Crippen LogP) is 4.95. The highest BCUT2D eigenvalue weighted by Gasteiger charge is 2.16. The molecule has 0 atom stereocenters. The Balaban J connectivity index is 1.52. The van der Waals surface area contributed by atoms with E-state index in [2.05, 4.69) is 15.1 Å². The van der Waals surface area contributed by atoms with Crippen LogP contribution < -0.4 is 0 Å². The number of ether oxygens (including phenoxy) is 1. The van der Waals surface area contributed by atoms with Crippen molar-refractivity contribution in [1.82, 2.24) is 15.1 Å². The van der Waals surface area contributed by atoms with E-state index < -0.39 is 5.97 Å². The molecule has 0 fully saturated rings. The number of carbonyl (C=O) groups is 1. The summed E-state index contributed by atoms with van der Waals surface area (Å²) in [4.78, 5) is 20.9. The highest BCUT2D eigenvalue weighted by atomic mass is 35.5. The second-order valence-corrected chi connectivity index (χ2v) is 6.43. The average Bonchev–Trinajstić information content (AvgIpc) is 3.14. The van der Waals surface area contributed by atoms with Crippen molar-refractivity contribution in [3.05, 3.63) is 76.2 Å². The van der Waals surface area contributed by atoms with E-state index in [1.165, 1.54) is 6.07 Å². The standard InChI is InChI=1S/C19H11Cl2N3O3/c20-12-5-3-4-11(8-12)18-23-17(27-24-18)10-26-19(25)14-9-16(21)22-15-7-2-1-6-13(14)15/h1-9H,10H2. The molecule has 0 spiro atoms. The van der Waals surface area contributed by atoms with Gasteiger partial charge >= 0.3 is 5.97 Å². The molecule has 0 bridgehead atoms. The number of hydrogen-bond acceptors (Lipinski definition) is 6.